The molecule has 7 heteroatoms. The maximum absolute atomic E-state index is 11.2. The van der Waals surface area contributed by atoms with Gasteiger partial charge in [-0.05, 0) is 6.42 Å². The fraction of sp³-hybridized carbons (Fsp3) is 0.571. The number of nitrogens with one attached hydrogen (secondary N) is 1. The van der Waals surface area contributed by atoms with E-state index in [1.54, 1.807) is 11.7 Å². The monoisotopic (exact) mass is 236 g/mol. The van der Waals surface area contributed by atoms with E-state index < -0.39 is 10.0 Å². The maximum Gasteiger partial charge on any atom is 0.212 e. The number of sulfonamides is 1. The summed E-state index contributed by atoms with van der Waals surface area (Å²) in [5.41, 5.74) is 1.65. The number of hydrogen-bond donors (Lipinski definition) is 2. The Morgan fingerprint density at radius 3 is 2.93 bits per heavy atom. The summed E-state index contributed by atoms with van der Waals surface area (Å²) in [6.07, 6.45) is 1.89. The van der Waals surface area contributed by atoms with Crippen LogP contribution in [0.2, 0.25) is 0 Å². The van der Waals surface area contributed by atoms with Crippen molar-refractivity contribution in [1.82, 2.24) is 9.71 Å². The van der Waals surface area contributed by atoms with Crippen LogP contribution in [0.5, 0.6) is 0 Å². The minimum atomic E-state index is -3.25. The SMILES string of the molecule is O=S(=O)(CCCO)NCc1cncs1. The first kappa shape index (κ1) is 11.6. The molecule has 0 fully saturated rings. The lowest BCUT2D eigenvalue weighted by molar-refractivity contribution is 0.295. The molecular formula is C7H12N2O3S2. The number of nitrogens with zero attached hydrogens (tertiary/aromatic N) is 1. The number of hydrogen-bond acceptors (Lipinski definition) is 5. The van der Waals surface area contributed by atoms with Gasteiger partial charge in [-0.15, -0.1) is 11.3 Å². The number of aliphatic hydroxyl groups is 1. The highest BCUT2D eigenvalue weighted by molar-refractivity contribution is 7.89. The topological polar surface area (TPSA) is 79.3 Å². The normalized spacial score (nSPS) is 11.8. The Balaban J connectivity index is 2.37. The lowest BCUT2D eigenvalue weighted by Crippen LogP contribution is -2.26. The molecule has 0 radical (unpaired) electrons. The van der Waals surface area contributed by atoms with E-state index in [1.807, 2.05) is 0 Å². The second-order valence-corrected chi connectivity index (χ2v) is 5.58. The molecule has 0 saturated heterocycles. The lowest BCUT2D eigenvalue weighted by atomic mass is 10.5. The Hall–Kier alpha value is -0.500. The molecule has 14 heavy (non-hydrogen) atoms. The van der Waals surface area contributed by atoms with Gasteiger partial charge in [0.2, 0.25) is 10.0 Å². The molecule has 0 atom stereocenters. The molecule has 0 saturated carbocycles. The molecule has 0 unspecified atom stereocenters. The summed E-state index contributed by atoms with van der Waals surface area (Å²) in [6.45, 7) is 0.167. The van der Waals surface area contributed by atoms with Gasteiger partial charge in [0, 0.05) is 24.2 Å². The number of aromatic nitrogens is 1. The fourth-order valence-corrected chi connectivity index (χ4v) is 2.49. The van der Waals surface area contributed by atoms with Crippen LogP contribution in [0.15, 0.2) is 11.7 Å². The second kappa shape index (κ2) is 5.40. The zero-order valence-electron chi connectivity index (χ0n) is 7.51. The summed E-state index contributed by atoms with van der Waals surface area (Å²) in [5.74, 6) is -0.0394. The highest BCUT2D eigenvalue weighted by Gasteiger charge is 2.09. The first-order valence-electron chi connectivity index (χ1n) is 4.09. The summed E-state index contributed by atoms with van der Waals surface area (Å²) >= 11 is 1.40. The largest absolute Gasteiger partial charge is 0.396 e. The lowest BCUT2D eigenvalue weighted by Gasteiger charge is -2.03. The Kier molecular flexibility index (Phi) is 4.46. The number of thiazole rings is 1. The molecule has 80 valence electrons. The van der Waals surface area contributed by atoms with Gasteiger partial charge in [-0.25, -0.2) is 13.1 Å². The van der Waals surface area contributed by atoms with Gasteiger partial charge in [-0.3, -0.25) is 4.98 Å². The zero-order chi connectivity index (χ0) is 10.4. The van der Waals surface area contributed by atoms with Crippen molar-refractivity contribution in [2.24, 2.45) is 0 Å². The Morgan fingerprint density at radius 1 is 1.57 bits per heavy atom. The molecule has 0 spiro atoms. The molecule has 1 aromatic rings. The van der Waals surface area contributed by atoms with E-state index in [9.17, 15) is 8.42 Å². The highest BCUT2D eigenvalue weighted by atomic mass is 32.2. The van der Waals surface area contributed by atoms with Crippen LogP contribution in [0, 0.1) is 0 Å². The van der Waals surface area contributed by atoms with Crippen molar-refractivity contribution in [2.45, 2.75) is 13.0 Å². The van der Waals surface area contributed by atoms with Crippen LogP contribution in [-0.2, 0) is 16.6 Å². The van der Waals surface area contributed by atoms with Gasteiger partial charge >= 0.3 is 0 Å². The molecule has 0 aromatic carbocycles. The van der Waals surface area contributed by atoms with Crippen LogP contribution >= 0.6 is 11.3 Å². The van der Waals surface area contributed by atoms with Crippen molar-refractivity contribution in [3.63, 3.8) is 0 Å². The van der Waals surface area contributed by atoms with E-state index >= 15 is 0 Å². The first-order valence-corrected chi connectivity index (χ1v) is 6.63. The second-order valence-electron chi connectivity index (χ2n) is 2.68. The summed E-state index contributed by atoms with van der Waals surface area (Å²) in [7, 11) is -3.25. The van der Waals surface area contributed by atoms with Crippen LogP contribution in [-0.4, -0.2) is 30.9 Å². The minimum Gasteiger partial charge on any atom is -0.396 e. The third-order valence-electron chi connectivity index (χ3n) is 1.52. The van der Waals surface area contributed by atoms with Gasteiger partial charge in [0.15, 0.2) is 0 Å². The molecule has 0 bridgehead atoms. The van der Waals surface area contributed by atoms with Gasteiger partial charge in [-0.1, -0.05) is 0 Å². The van der Waals surface area contributed by atoms with Crippen LogP contribution in [0.4, 0.5) is 0 Å². The average Bonchev–Trinajstić information content (AvgIpc) is 2.64. The van der Waals surface area contributed by atoms with Crippen molar-refractivity contribution in [3.05, 3.63) is 16.6 Å². The van der Waals surface area contributed by atoms with Gasteiger partial charge in [0.25, 0.3) is 0 Å². The smallest absolute Gasteiger partial charge is 0.212 e. The molecule has 1 aromatic heterocycles. The minimum absolute atomic E-state index is 0.0394. The Labute approximate surface area is 86.9 Å². The molecule has 1 heterocycles. The molecule has 0 amide bonds. The Bertz CT molecular complexity index is 347. The maximum atomic E-state index is 11.2. The number of rotatable bonds is 6. The zero-order valence-corrected chi connectivity index (χ0v) is 9.14. The molecule has 5 nitrogen and oxygen atoms in total. The molecular weight excluding hydrogens is 224 g/mol. The van der Waals surface area contributed by atoms with E-state index in [1.165, 1.54) is 11.3 Å². The van der Waals surface area contributed by atoms with Gasteiger partial charge in [0.05, 0.1) is 11.3 Å². The predicted octanol–water partition coefficient (Wildman–Crippen LogP) is -0.0551. The van der Waals surface area contributed by atoms with E-state index in [-0.39, 0.29) is 25.3 Å². The molecule has 1 rings (SSSR count). The van der Waals surface area contributed by atoms with E-state index in [4.69, 9.17) is 5.11 Å². The number of aliphatic hydroxyl groups excluding tert-OH is 1. The van der Waals surface area contributed by atoms with Gasteiger partial charge < -0.3 is 5.11 Å². The summed E-state index contributed by atoms with van der Waals surface area (Å²) in [5, 5.41) is 8.48. The summed E-state index contributed by atoms with van der Waals surface area (Å²) < 4.78 is 24.9. The average molecular weight is 236 g/mol. The van der Waals surface area contributed by atoms with Crippen LogP contribution in [0.3, 0.4) is 0 Å². The highest BCUT2D eigenvalue weighted by Crippen LogP contribution is 2.05. The van der Waals surface area contributed by atoms with Crippen molar-refractivity contribution >= 4 is 21.4 Å². The van der Waals surface area contributed by atoms with E-state index in [0.717, 1.165) is 4.88 Å². The van der Waals surface area contributed by atoms with E-state index in [0.29, 0.717) is 0 Å². The Morgan fingerprint density at radius 2 is 2.36 bits per heavy atom. The molecule has 0 aliphatic heterocycles. The van der Waals surface area contributed by atoms with Crippen molar-refractivity contribution in [1.29, 1.82) is 0 Å². The molecule has 0 aliphatic rings. The van der Waals surface area contributed by atoms with Gasteiger partial charge in [0.1, 0.15) is 0 Å². The molecule has 2 N–H and O–H groups in total. The standard InChI is InChI=1S/C7H12N2O3S2/c10-2-1-3-14(11,12)9-5-7-4-8-6-13-7/h4,6,9-10H,1-3,5H2. The third kappa shape index (κ3) is 4.14. The van der Waals surface area contributed by atoms with Crippen molar-refractivity contribution in [3.8, 4) is 0 Å². The quantitative estimate of drug-likeness (QED) is 0.725. The first-order chi connectivity index (χ1) is 6.64. The molecule has 0 aliphatic carbocycles. The fourth-order valence-electron chi connectivity index (χ4n) is 0.837. The van der Waals surface area contributed by atoms with E-state index in [2.05, 4.69) is 9.71 Å². The third-order valence-corrected chi connectivity index (χ3v) is 3.71. The van der Waals surface area contributed by atoms with Crippen LogP contribution in [0.25, 0.3) is 0 Å². The van der Waals surface area contributed by atoms with Gasteiger partial charge in [-0.2, -0.15) is 0 Å². The van der Waals surface area contributed by atoms with Crippen LogP contribution < -0.4 is 4.72 Å². The van der Waals surface area contributed by atoms with Crippen molar-refractivity contribution in [2.75, 3.05) is 12.4 Å². The van der Waals surface area contributed by atoms with Crippen LogP contribution in [0.1, 0.15) is 11.3 Å². The summed E-state index contributed by atoms with van der Waals surface area (Å²) in [6, 6.07) is 0. The predicted molar refractivity (Wildman–Crippen MR) is 54.4 cm³/mol. The van der Waals surface area contributed by atoms with Crippen molar-refractivity contribution < 1.29 is 13.5 Å². The summed E-state index contributed by atoms with van der Waals surface area (Å²) in [4.78, 5) is 4.70.